The van der Waals surface area contributed by atoms with Gasteiger partial charge < -0.3 is 10.1 Å². The van der Waals surface area contributed by atoms with Gasteiger partial charge in [0.1, 0.15) is 5.75 Å². The third-order valence-electron chi connectivity index (χ3n) is 5.59. The van der Waals surface area contributed by atoms with Crippen molar-refractivity contribution < 1.29 is 4.74 Å². The normalized spacial score (nSPS) is 15.0. The van der Waals surface area contributed by atoms with E-state index in [4.69, 9.17) is 4.74 Å². The smallest absolute Gasteiger partial charge is 0.157 e. The number of methoxy groups -OCH3 is 1. The molecule has 2 heterocycles. The second-order valence-corrected chi connectivity index (χ2v) is 7.32. The molecule has 1 atom stereocenters. The van der Waals surface area contributed by atoms with Gasteiger partial charge in [-0.05, 0) is 28.8 Å². The Hall–Kier alpha value is -4.30. The number of nitriles is 1. The van der Waals surface area contributed by atoms with Crippen molar-refractivity contribution in [2.75, 3.05) is 12.4 Å². The number of ether oxygens (including phenoxy) is 1. The van der Waals surface area contributed by atoms with Gasteiger partial charge in [0, 0.05) is 5.56 Å². The summed E-state index contributed by atoms with van der Waals surface area (Å²) in [5, 5.41) is 21.5. The van der Waals surface area contributed by atoms with Crippen LogP contribution in [0.15, 0.2) is 90.5 Å². The van der Waals surface area contributed by atoms with Crippen molar-refractivity contribution in [3.63, 3.8) is 0 Å². The van der Waals surface area contributed by atoms with Crippen LogP contribution in [-0.4, -0.2) is 17.3 Å². The number of rotatable bonds is 4. The number of aromatic amines is 1. The summed E-state index contributed by atoms with van der Waals surface area (Å²) in [5.41, 5.74) is 6.29. The van der Waals surface area contributed by atoms with Gasteiger partial charge >= 0.3 is 0 Å². The van der Waals surface area contributed by atoms with Gasteiger partial charge in [0.25, 0.3) is 0 Å². The fraction of sp³-hybridized carbons (Fsp3) is 0.0769. The van der Waals surface area contributed by atoms with E-state index >= 15 is 0 Å². The maximum atomic E-state index is 10.3. The fourth-order valence-electron chi connectivity index (χ4n) is 4.11. The lowest BCUT2D eigenvalue weighted by Gasteiger charge is -2.27. The molecule has 31 heavy (non-hydrogen) atoms. The van der Waals surface area contributed by atoms with Crippen LogP contribution in [0.5, 0.6) is 5.75 Å². The fourth-order valence-corrected chi connectivity index (χ4v) is 4.11. The molecule has 0 fully saturated rings. The van der Waals surface area contributed by atoms with Crippen molar-refractivity contribution in [3.8, 4) is 23.1 Å². The largest absolute Gasteiger partial charge is 0.497 e. The van der Waals surface area contributed by atoms with Gasteiger partial charge in [0.05, 0.1) is 36.1 Å². The second kappa shape index (κ2) is 7.85. The number of nitrogens with one attached hydrogen (secondary N) is 2. The van der Waals surface area contributed by atoms with Crippen LogP contribution in [0.1, 0.15) is 22.6 Å². The number of nitrogens with zero attached hydrogens (tertiary/aromatic N) is 2. The van der Waals surface area contributed by atoms with Gasteiger partial charge in [-0.3, -0.25) is 5.10 Å². The van der Waals surface area contributed by atoms with Crippen molar-refractivity contribution in [3.05, 3.63) is 107 Å². The van der Waals surface area contributed by atoms with Crippen LogP contribution in [0, 0.1) is 11.3 Å². The zero-order valence-electron chi connectivity index (χ0n) is 17.0. The van der Waals surface area contributed by atoms with Crippen LogP contribution in [-0.2, 0) is 0 Å². The van der Waals surface area contributed by atoms with E-state index in [1.54, 1.807) is 7.11 Å². The second-order valence-electron chi connectivity index (χ2n) is 7.32. The molecule has 2 N–H and O–H groups in total. The van der Waals surface area contributed by atoms with Crippen LogP contribution in [0.25, 0.3) is 17.0 Å². The SMILES string of the molecule is COc1ccc(C2C(C#N)=C(c3ccccc3)Nc3n[nH]c(-c4ccccc4)c32)cc1. The summed E-state index contributed by atoms with van der Waals surface area (Å²) in [6, 6.07) is 30.3. The van der Waals surface area contributed by atoms with Crippen LogP contribution in [0.4, 0.5) is 5.82 Å². The molecule has 5 nitrogen and oxygen atoms in total. The summed E-state index contributed by atoms with van der Waals surface area (Å²) >= 11 is 0. The van der Waals surface area contributed by atoms with Crippen molar-refractivity contribution in [2.45, 2.75) is 5.92 Å². The van der Waals surface area contributed by atoms with Crippen molar-refractivity contribution in [1.82, 2.24) is 10.2 Å². The Morgan fingerprint density at radius 1 is 0.871 bits per heavy atom. The van der Waals surface area contributed by atoms with E-state index in [-0.39, 0.29) is 5.92 Å². The van der Waals surface area contributed by atoms with Crippen molar-refractivity contribution >= 4 is 11.5 Å². The maximum Gasteiger partial charge on any atom is 0.157 e. The first-order chi connectivity index (χ1) is 15.3. The van der Waals surface area contributed by atoms with E-state index < -0.39 is 0 Å². The molecule has 4 aromatic rings. The van der Waals surface area contributed by atoms with Crippen molar-refractivity contribution in [2.24, 2.45) is 0 Å². The highest BCUT2D eigenvalue weighted by Gasteiger charge is 2.34. The summed E-state index contributed by atoms with van der Waals surface area (Å²) in [6.45, 7) is 0. The molecule has 1 aliphatic rings. The zero-order valence-corrected chi connectivity index (χ0v) is 17.0. The molecular formula is C26H20N4O. The molecule has 0 bridgehead atoms. The van der Waals surface area contributed by atoms with Crippen LogP contribution >= 0.6 is 0 Å². The predicted octanol–water partition coefficient (Wildman–Crippen LogP) is 5.58. The third kappa shape index (κ3) is 3.24. The Kier molecular flexibility index (Phi) is 4.74. The summed E-state index contributed by atoms with van der Waals surface area (Å²) < 4.78 is 5.34. The number of allylic oxidation sites excluding steroid dienone is 1. The third-order valence-corrected chi connectivity index (χ3v) is 5.59. The molecule has 5 heteroatoms. The van der Waals surface area contributed by atoms with Crippen molar-refractivity contribution in [1.29, 1.82) is 5.26 Å². The highest BCUT2D eigenvalue weighted by atomic mass is 16.5. The van der Waals surface area contributed by atoms with E-state index in [1.165, 1.54) is 0 Å². The number of aromatic nitrogens is 2. The number of H-pyrrole nitrogens is 1. The predicted molar refractivity (Wildman–Crippen MR) is 121 cm³/mol. The number of hydrogen-bond donors (Lipinski definition) is 2. The molecule has 1 aromatic heterocycles. The van der Waals surface area contributed by atoms with Gasteiger partial charge in [-0.15, -0.1) is 0 Å². The first-order valence-corrected chi connectivity index (χ1v) is 10.0. The quantitative estimate of drug-likeness (QED) is 0.466. The monoisotopic (exact) mass is 404 g/mol. The molecule has 1 unspecified atom stereocenters. The minimum Gasteiger partial charge on any atom is -0.497 e. The average molecular weight is 404 g/mol. The standard InChI is InChI=1S/C26H20N4O/c1-31-20-14-12-17(13-15-20)22-21(16-27)24(18-8-4-2-5-9-18)28-26-23(22)25(29-30-26)19-10-6-3-7-11-19/h2-15,22H,1H3,(H2,28,29,30). The molecule has 1 aliphatic heterocycles. The average Bonchev–Trinajstić information content (AvgIpc) is 3.28. The van der Waals surface area contributed by atoms with E-state index in [2.05, 4.69) is 21.6 Å². The topological polar surface area (TPSA) is 73.7 Å². The molecule has 0 radical (unpaired) electrons. The first-order valence-electron chi connectivity index (χ1n) is 10.0. The van der Waals surface area contributed by atoms with Crippen LogP contribution in [0.2, 0.25) is 0 Å². The first kappa shape index (κ1) is 18.7. The highest BCUT2D eigenvalue weighted by molar-refractivity contribution is 5.89. The highest BCUT2D eigenvalue weighted by Crippen LogP contribution is 2.47. The van der Waals surface area contributed by atoms with Gasteiger partial charge in [-0.2, -0.15) is 10.4 Å². The van der Waals surface area contributed by atoms with Gasteiger partial charge in [-0.25, -0.2) is 0 Å². The lowest BCUT2D eigenvalue weighted by atomic mass is 9.80. The van der Waals surface area contributed by atoms with Crippen LogP contribution < -0.4 is 10.1 Å². The molecule has 0 saturated heterocycles. The zero-order chi connectivity index (χ0) is 21.2. The summed E-state index contributed by atoms with van der Waals surface area (Å²) in [4.78, 5) is 0. The molecule has 5 rings (SSSR count). The summed E-state index contributed by atoms with van der Waals surface area (Å²) in [6.07, 6.45) is 0. The van der Waals surface area contributed by atoms with Gasteiger partial charge in [-0.1, -0.05) is 72.8 Å². The van der Waals surface area contributed by atoms with E-state index in [9.17, 15) is 5.26 Å². The van der Waals surface area contributed by atoms with Gasteiger partial charge in [0.2, 0.25) is 0 Å². The Balaban J connectivity index is 1.75. The van der Waals surface area contributed by atoms with E-state index in [0.717, 1.165) is 45.2 Å². The molecule has 0 amide bonds. The number of hydrogen-bond acceptors (Lipinski definition) is 4. The molecule has 3 aromatic carbocycles. The molecule has 150 valence electrons. The summed E-state index contributed by atoms with van der Waals surface area (Å²) in [5.74, 6) is 1.24. The Morgan fingerprint density at radius 2 is 1.52 bits per heavy atom. The minimum atomic E-state index is -0.267. The Morgan fingerprint density at radius 3 is 2.13 bits per heavy atom. The maximum absolute atomic E-state index is 10.3. The van der Waals surface area contributed by atoms with Crippen LogP contribution in [0.3, 0.4) is 0 Å². The minimum absolute atomic E-state index is 0.267. The summed E-state index contributed by atoms with van der Waals surface area (Å²) in [7, 11) is 1.65. The Labute approximate surface area is 180 Å². The van der Waals surface area contributed by atoms with E-state index in [1.807, 2.05) is 84.9 Å². The van der Waals surface area contributed by atoms with E-state index in [0.29, 0.717) is 5.57 Å². The lowest BCUT2D eigenvalue weighted by molar-refractivity contribution is 0.414. The molecular weight excluding hydrogens is 384 g/mol. The Bertz CT molecular complexity index is 1280. The number of fused-ring (bicyclic) bond motifs is 1. The molecule has 0 spiro atoms. The molecule has 0 saturated carbocycles. The number of anilines is 1. The van der Waals surface area contributed by atoms with Gasteiger partial charge in [0.15, 0.2) is 5.82 Å². The molecule has 0 aliphatic carbocycles. The lowest BCUT2D eigenvalue weighted by Crippen LogP contribution is -2.17. The number of benzene rings is 3.